The van der Waals surface area contributed by atoms with E-state index in [0.29, 0.717) is 18.9 Å². The number of carboxylic acids is 1. The van der Waals surface area contributed by atoms with Gasteiger partial charge < -0.3 is 9.84 Å². The van der Waals surface area contributed by atoms with Gasteiger partial charge in [-0.3, -0.25) is 4.79 Å². The van der Waals surface area contributed by atoms with Gasteiger partial charge in [0.1, 0.15) is 10.8 Å². The third-order valence-electron chi connectivity index (χ3n) is 3.50. The molecule has 0 aliphatic carbocycles. The lowest BCUT2D eigenvalue weighted by atomic mass is 10.0. The van der Waals surface area contributed by atoms with E-state index in [0.717, 1.165) is 33.3 Å². The molecule has 1 heterocycles. The molecule has 0 fully saturated rings. The number of carbonyl (C=O) groups is 1. The van der Waals surface area contributed by atoms with Crippen LogP contribution in [0, 0.1) is 6.92 Å². The van der Waals surface area contributed by atoms with Crippen molar-refractivity contribution in [2.45, 2.75) is 32.6 Å². The number of nitrogens with zero attached hydrogens (tertiary/aromatic N) is 1. The van der Waals surface area contributed by atoms with E-state index in [2.05, 4.69) is 4.98 Å². The molecule has 1 atom stereocenters. The van der Waals surface area contributed by atoms with E-state index in [4.69, 9.17) is 16.3 Å². The number of aromatic nitrogens is 1. The van der Waals surface area contributed by atoms with Crippen molar-refractivity contribution in [2.75, 3.05) is 12.5 Å². The summed E-state index contributed by atoms with van der Waals surface area (Å²) in [5.41, 5.74) is 1.76. The Morgan fingerprint density at radius 1 is 1.39 bits per heavy atom. The van der Waals surface area contributed by atoms with Crippen LogP contribution in [0.4, 0.5) is 0 Å². The molecule has 0 aliphatic heterocycles. The Balaban J connectivity index is 2.17. The molecule has 2 rings (SSSR count). The van der Waals surface area contributed by atoms with Crippen molar-refractivity contribution < 1.29 is 14.6 Å². The first-order chi connectivity index (χ1) is 11.1. The maximum atomic E-state index is 11.4. The summed E-state index contributed by atoms with van der Waals surface area (Å²) in [6.07, 6.45) is 1.37. The third kappa shape index (κ3) is 4.45. The SMILES string of the molecule is CCC(C(=O)O)c1sc(-c2ccc(OCCCCl)cc2)nc1C. The highest BCUT2D eigenvalue weighted by atomic mass is 35.5. The number of hydrogen-bond acceptors (Lipinski definition) is 4. The summed E-state index contributed by atoms with van der Waals surface area (Å²) in [6, 6.07) is 7.68. The summed E-state index contributed by atoms with van der Waals surface area (Å²) in [6.45, 7) is 4.34. The first kappa shape index (κ1) is 17.8. The Morgan fingerprint density at radius 2 is 2.09 bits per heavy atom. The van der Waals surface area contributed by atoms with E-state index in [1.807, 2.05) is 38.1 Å². The Hall–Kier alpha value is -1.59. The van der Waals surface area contributed by atoms with Crippen LogP contribution in [0.25, 0.3) is 10.6 Å². The lowest BCUT2D eigenvalue weighted by molar-refractivity contribution is -0.138. The summed E-state index contributed by atoms with van der Waals surface area (Å²) in [5.74, 6) is 0.0964. The summed E-state index contributed by atoms with van der Waals surface area (Å²) in [5, 5.41) is 10.2. The zero-order valence-corrected chi connectivity index (χ0v) is 14.8. The Labute approximate surface area is 145 Å². The second-order valence-corrected chi connectivity index (χ2v) is 6.59. The largest absolute Gasteiger partial charge is 0.494 e. The van der Waals surface area contributed by atoms with Crippen molar-refractivity contribution in [2.24, 2.45) is 0 Å². The molecule has 0 saturated carbocycles. The van der Waals surface area contributed by atoms with Crippen LogP contribution in [-0.2, 0) is 4.79 Å². The molecule has 1 unspecified atom stereocenters. The van der Waals surface area contributed by atoms with Gasteiger partial charge in [0.25, 0.3) is 0 Å². The fourth-order valence-corrected chi connectivity index (χ4v) is 3.62. The van der Waals surface area contributed by atoms with Crippen LogP contribution in [0.15, 0.2) is 24.3 Å². The fraction of sp³-hybridized carbons (Fsp3) is 0.412. The second-order valence-electron chi connectivity index (χ2n) is 5.18. The van der Waals surface area contributed by atoms with Crippen molar-refractivity contribution in [3.8, 4) is 16.3 Å². The van der Waals surface area contributed by atoms with Gasteiger partial charge in [-0.2, -0.15) is 0 Å². The van der Waals surface area contributed by atoms with Gasteiger partial charge in [-0.05, 0) is 44.0 Å². The highest BCUT2D eigenvalue weighted by Gasteiger charge is 2.23. The van der Waals surface area contributed by atoms with Gasteiger partial charge in [0, 0.05) is 16.3 Å². The summed E-state index contributed by atoms with van der Waals surface area (Å²) < 4.78 is 5.57. The Morgan fingerprint density at radius 3 is 2.65 bits per heavy atom. The van der Waals surface area contributed by atoms with E-state index in [1.165, 1.54) is 11.3 Å². The van der Waals surface area contributed by atoms with E-state index in [9.17, 15) is 9.90 Å². The number of thiazole rings is 1. The first-order valence-corrected chi connectivity index (χ1v) is 8.91. The van der Waals surface area contributed by atoms with E-state index in [-0.39, 0.29) is 0 Å². The molecule has 1 N–H and O–H groups in total. The molecule has 0 bridgehead atoms. The molecule has 0 radical (unpaired) electrons. The van der Waals surface area contributed by atoms with Crippen LogP contribution in [0.2, 0.25) is 0 Å². The predicted molar refractivity (Wildman–Crippen MR) is 93.8 cm³/mol. The number of halogens is 1. The summed E-state index contributed by atoms with van der Waals surface area (Å²) in [4.78, 5) is 16.7. The first-order valence-electron chi connectivity index (χ1n) is 7.56. The van der Waals surface area contributed by atoms with Gasteiger partial charge in [-0.1, -0.05) is 6.92 Å². The zero-order chi connectivity index (χ0) is 16.8. The van der Waals surface area contributed by atoms with Gasteiger partial charge in [0.05, 0.1) is 18.2 Å². The van der Waals surface area contributed by atoms with Gasteiger partial charge >= 0.3 is 5.97 Å². The fourth-order valence-electron chi connectivity index (χ4n) is 2.27. The molecular weight excluding hydrogens is 334 g/mol. The Bertz CT molecular complexity index is 654. The number of ether oxygens (including phenoxy) is 1. The average molecular weight is 354 g/mol. The third-order valence-corrected chi connectivity index (χ3v) is 5.09. The van der Waals surface area contributed by atoms with Gasteiger partial charge in [0.2, 0.25) is 0 Å². The van der Waals surface area contributed by atoms with Crippen molar-refractivity contribution in [3.05, 3.63) is 34.8 Å². The summed E-state index contributed by atoms with van der Waals surface area (Å²) in [7, 11) is 0. The molecular formula is C17H20ClNO3S. The molecule has 0 saturated heterocycles. The minimum Gasteiger partial charge on any atom is -0.494 e. The minimum absolute atomic E-state index is 0.487. The van der Waals surface area contributed by atoms with Crippen LogP contribution < -0.4 is 4.74 Å². The minimum atomic E-state index is -0.797. The Kier molecular flexibility index (Phi) is 6.42. The van der Waals surface area contributed by atoms with Crippen LogP contribution in [-0.4, -0.2) is 28.5 Å². The standard InChI is InChI=1S/C17H20ClNO3S/c1-3-14(17(20)21)15-11(2)19-16(23-15)12-5-7-13(8-6-12)22-10-4-9-18/h5-8,14H,3-4,9-10H2,1-2H3,(H,20,21). The predicted octanol–water partition coefficient (Wildman–Crippen LogP) is 4.70. The van der Waals surface area contributed by atoms with Crippen molar-refractivity contribution >= 4 is 28.9 Å². The van der Waals surface area contributed by atoms with Crippen molar-refractivity contribution in [1.82, 2.24) is 4.98 Å². The lowest BCUT2D eigenvalue weighted by Gasteiger charge is -2.07. The average Bonchev–Trinajstić information content (AvgIpc) is 2.90. The summed E-state index contributed by atoms with van der Waals surface area (Å²) >= 11 is 7.07. The van der Waals surface area contributed by atoms with Crippen molar-refractivity contribution in [1.29, 1.82) is 0 Å². The molecule has 124 valence electrons. The molecule has 1 aromatic heterocycles. The number of benzene rings is 1. The molecule has 0 aliphatic rings. The van der Waals surface area contributed by atoms with E-state index < -0.39 is 11.9 Å². The van der Waals surface area contributed by atoms with Crippen LogP contribution in [0.1, 0.15) is 36.3 Å². The second kappa shape index (κ2) is 8.31. The molecule has 0 amide bonds. The highest BCUT2D eigenvalue weighted by molar-refractivity contribution is 7.15. The molecule has 2 aromatic rings. The van der Waals surface area contributed by atoms with E-state index in [1.54, 1.807) is 0 Å². The van der Waals surface area contributed by atoms with E-state index >= 15 is 0 Å². The highest BCUT2D eigenvalue weighted by Crippen LogP contribution is 2.34. The number of aryl methyl sites for hydroxylation is 1. The topological polar surface area (TPSA) is 59.4 Å². The molecule has 4 nitrogen and oxygen atoms in total. The van der Waals surface area contributed by atoms with Crippen molar-refractivity contribution in [3.63, 3.8) is 0 Å². The number of hydrogen-bond donors (Lipinski definition) is 1. The number of aliphatic carboxylic acids is 1. The zero-order valence-electron chi connectivity index (χ0n) is 13.2. The van der Waals surface area contributed by atoms with Crippen LogP contribution in [0.3, 0.4) is 0 Å². The molecule has 0 spiro atoms. The number of alkyl halides is 1. The number of rotatable bonds is 8. The molecule has 23 heavy (non-hydrogen) atoms. The van der Waals surface area contributed by atoms with Gasteiger partial charge in [-0.15, -0.1) is 22.9 Å². The van der Waals surface area contributed by atoms with Gasteiger partial charge in [0.15, 0.2) is 0 Å². The smallest absolute Gasteiger partial charge is 0.311 e. The quantitative estimate of drug-likeness (QED) is 0.551. The molecule has 1 aromatic carbocycles. The maximum absolute atomic E-state index is 11.4. The molecule has 6 heteroatoms. The van der Waals surface area contributed by atoms with Crippen LogP contribution >= 0.6 is 22.9 Å². The number of carboxylic acid groups (broad SMARTS) is 1. The lowest BCUT2D eigenvalue weighted by Crippen LogP contribution is -2.09. The van der Waals surface area contributed by atoms with Crippen LogP contribution in [0.5, 0.6) is 5.75 Å². The monoisotopic (exact) mass is 353 g/mol. The maximum Gasteiger partial charge on any atom is 0.311 e. The normalized spacial score (nSPS) is 12.1. The van der Waals surface area contributed by atoms with Gasteiger partial charge in [-0.25, -0.2) is 4.98 Å².